The number of ether oxygens (including phenoxy) is 2. The Kier molecular flexibility index (Phi) is 7.82. The highest BCUT2D eigenvalue weighted by Crippen LogP contribution is 2.22. The van der Waals surface area contributed by atoms with E-state index in [0.717, 1.165) is 51.7 Å². The molecule has 1 heterocycles. The standard InChI is InChI=1S/C14H29NO2/c1-4-14-13(6-9-17-14)11-15-7-10-16-8-5-12(2)3/h12-15H,4-11H2,1-3H3. The molecule has 102 valence electrons. The van der Waals surface area contributed by atoms with E-state index >= 15 is 0 Å². The molecule has 0 radical (unpaired) electrons. The van der Waals surface area contributed by atoms with Crippen molar-refractivity contribution in [1.82, 2.24) is 5.32 Å². The van der Waals surface area contributed by atoms with E-state index in [1.54, 1.807) is 0 Å². The minimum Gasteiger partial charge on any atom is -0.380 e. The van der Waals surface area contributed by atoms with Crippen LogP contribution in [0.4, 0.5) is 0 Å². The smallest absolute Gasteiger partial charge is 0.0613 e. The Balaban J connectivity index is 1.90. The summed E-state index contributed by atoms with van der Waals surface area (Å²) in [4.78, 5) is 0. The van der Waals surface area contributed by atoms with Crippen LogP contribution in [-0.2, 0) is 9.47 Å². The maximum Gasteiger partial charge on any atom is 0.0613 e. The molecule has 1 fully saturated rings. The van der Waals surface area contributed by atoms with Gasteiger partial charge >= 0.3 is 0 Å². The molecule has 1 aliphatic rings. The summed E-state index contributed by atoms with van der Waals surface area (Å²) < 4.78 is 11.2. The molecule has 0 amide bonds. The molecular weight excluding hydrogens is 214 g/mol. The van der Waals surface area contributed by atoms with Crippen LogP contribution in [0.15, 0.2) is 0 Å². The lowest BCUT2D eigenvalue weighted by Gasteiger charge is -2.17. The number of hydrogen-bond donors (Lipinski definition) is 1. The summed E-state index contributed by atoms with van der Waals surface area (Å²) in [6.07, 6.45) is 3.98. The van der Waals surface area contributed by atoms with Crippen molar-refractivity contribution in [3.8, 4) is 0 Å². The summed E-state index contributed by atoms with van der Waals surface area (Å²) >= 11 is 0. The first-order chi connectivity index (χ1) is 8.24. The Morgan fingerprint density at radius 1 is 1.35 bits per heavy atom. The monoisotopic (exact) mass is 243 g/mol. The van der Waals surface area contributed by atoms with Gasteiger partial charge in [0.05, 0.1) is 12.7 Å². The van der Waals surface area contributed by atoms with Gasteiger partial charge in [-0.2, -0.15) is 0 Å². The molecule has 0 aromatic rings. The van der Waals surface area contributed by atoms with Crippen LogP contribution in [0.1, 0.15) is 40.0 Å². The van der Waals surface area contributed by atoms with Crippen molar-refractivity contribution in [2.45, 2.75) is 46.1 Å². The van der Waals surface area contributed by atoms with Crippen molar-refractivity contribution in [3.05, 3.63) is 0 Å². The summed E-state index contributed by atoms with van der Waals surface area (Å²) in [6.45, 7) is 11.4. The summed E-state index contributed by atoms with van der Waals surface area (Å²) in [5.74, 6) is 1.44. The van der Waals surface area contributed by atoms with Gasteiger partial charge in [0, 0.05) is 26.3 Å². The van der Waals surface area contributed by atoms with E-state index in [-0.39, 0.29) is 0 Å². The summed E-state index contributed by atoms with van der Waals surface area (Å²) in [5.41, 5.74) is 0. The lowest BCUT2D eigenvalue weighted by Crippen LogP contribution is -2.30. The Bertz CT molecular complexity index is 185. The Morgan fingerprint density at radius 3 is 2.88 bits per heavy atom. The maximum atomic E-state index is 5.67. The molecule has 0 aromatic heterocycles. The predicted molar refractivity (Wildman–Crippen MR) is 71.3 cm³/mol. The second-order valence-corrected chi connectivity index (χ2v) is 5.37. The fourth-order valence-corrected chi connectivity index (χ4v) is 2.23. The largest absolute Gasteiger partial charge is 0.380 e. The zero-order valence-electron chi connectivity index (χ0n) is 11.7. The average Bonchev–Trinajstić information content (AvgIpc) is 2.74. The van der Waals surface area contributed by atoms with Gasteiger partial charge in [-0.15, -0.1) is 0 Å². The first-order valence-corrected chi connectivity index (χ1v) is 7.14. The number of rotatable bonds is 9. The first kappa shape index (κ1) is 14.9. The number of nitrogens with one attached hydrogen (secondary N) is 1. The summed E-state index contributed by atoms with van der Waals surface area (Å²) in [5, 5.41) is 3.47. The quantitative estimate of drug-likeness (QED) is 0.631. The fraction of sp³-hybridized carbons (Fsp3) is 1.00. The Labute approximate surface area is 106 Å². The van der Waals surface area contributed by atoms with Gasteiger partial charge in [-0.05, 0) is 31.1 Å². The van der Waals surface area contributed by atoms with Crippen LogP contribution in [0, 0.1) is 11.8 Å². The van der Waals surface area contributed by atoms with Crippen LogP contribution in [-0.4, -0.2) is 39.0 Å². The molecule has 0 spiro atoms. The average molecular weight is 243 g/mol. The lowest BCUT2D eigenvalue weighted by atomic mass is 10.00. The van der Waals surface area contributed by atoms with Crippen LogP contribution in [0.3, 0.4) is 0 Å². The third-order valence-corrected chi connectivity index (χ3v) is 3.42. The Hall–Kier alpha value is -0.120. The zero-order chi connectivity index (χ0) is 12.5. The highest BCUT2D eigenvalue weighted by atomic mass is 16.5. The Morgan fingerprint density at radius 2 is 2.18 bits per heavy atom. The van der Waals surface area contributed by atoms with Gasteiger partial charge in [-0.3, -0.25) is 0 Å². The lowest BCUT2D eigenvalue weighted by molar-refractivity contribution is 0.0855. The molecule has 0 bridgehead atoms. The molecular formula is C14H29NO2. The summed E-state index contributed by atoms with van der Waals surface area (Å²) in [6, 6.07) is 0. The molecule has 3 nitrogen and oxygen atoms in total. The van der Waals surface area contributed by atoms with Crippen molar-refractivity contribution in [1.29, 1.82) is 0 Å². The molecule has 17 heavy (non-hydrogen) atoms. The third kappa shape index (κ3) is 6.39. The van der Waals surface area contributed by atoms with Crippen molar-refractivity contribution >= 4 is 0 Å². The van der Waals surface area contributed by atoms with Crippen molar-refractivity contribution in [3.63, 3.8) is 0 Å². The normalized spacial score (nSPS) is 24.7. The van der Waals surface area contributed by atoms with Crippen LogP contribution >= 0.6 is 0 Å². The molecule has 1 rings (SSSR count). The van der Waals surface area contributed by atoms with Gasteiger partial charge in [-0.25, -0.2) is 0 Å². The number of hydrogen-bond acceptors (Lipinski definition) is 3. The van der Waals surface area contributed by atoms with Crippen LogP contribution in [0.25, 0.3) is 0 Å². The highest BCUT2D eigenvalue weighted by Gasteiger charge is 2.25. The molecule has 1 saturated heterocycles. The molecule has 1 N–H and O–H groups in total. The van der Waals surface area contributed by atoms with Gasteiger partial charge in [0.15, 0.2) is 0 Å². The van der Waals surface area contributed by atoms with Gasteiger partial charge < -0.3 is 14.8 Å². The zero-order valence-corrected chi connectivity index (χ0v) is 11.7. The van der Waals surface area contributed by atoms with Crippen molar-refractivity contribution in [2.75, 3.05) is 32.9 Å². The molecule has 0 aliphatic carbocycles. The molecule has 0 saturated carbocycles. The third-order valence-electron chi connectivity index (χ3n) is 3.42. The van der Waals surface area contributed by atoms with E-state index < -0.39 is 0 Å². The van der Waals surface area contributed by atoms with E-state index in [9.17, 15) is 0 Å². The minimum atomic E-state index is 0.476. The van der Waals surface area contributed by atoms with E-state index in [1.165, 1.54) is 6.42 Å². The molecule has 2 unspecified atom stereocenters. The first-order valence-electron chi connectivity index (χ1n) is 7.14. The van der Waals surface area contributed by atoms with Gasteiger partial charge in [0.2, 0.25) is 0 Å². The van der Waals surface area contributed by atoms with Crippen LogP contribution in [0.5, 0.6) is 0 Å². The van der Waals surface area contributed by atoms with E-state index in [4.69, 9.17) is 9.47 Å². The van der Waals surface area contributed by atoms with Gasteiger partial charge in [0.1, 0.15) is 0 Å². The second kappa shape index (κ2) is 8.90. The molecule has 1 aliphatic heterocycles. The van der Waals surface area contributed by atoms with Gasteiger partial charge in [-0.1, -0.05) is 20.8 Å². The minimum absolute atomic E-state index is 0.476. The maximum absolute atomic E-state index is 5.67. The van der Waals surface area contributed by atoms with E-state index in [1.807, 2.05) is 0 Å². The van der Waals surface area contributed by atoms with Crippen molar-refractivity contribution in [2.24, 2.45) is 11.8 Å². The van der Waals surface area contributed by atoms with Crippen LogP contribution < -0.4 is 5.32 Å². The van der Waals surface area contributed by atoms with E-state index in [2.05, 4.69) is 26.1 Å². The molecule has 3 heteroatoms. The van der Waals surface area contributed by atoms with Crippen molar-refractivity contribution < 1.29 is 9.47 Å². The fourth-order valence-electron chi connectivity index (χ4n) is 2.23. The highest BCUT2D eigenvalue weighted by molar-refractivity contribution is 4.76. The van der Waals surface area contributed by atoms with Gasteiger partial charge in [0.25, 0.3) is 0 Å². The predicted octanol–water partition coefficient (Wildman–Crippen LogP) is 2.45. The van der Waals surface area contributed by atoms with Crippen LogP contribution in [0.2, 0.25) is 0 Å². The van der Waals surface area contributed by atoms with E-state index in [0.29, 0.717) is 12.0 Å². The second-order valence-electron chi connectivity index (χ2n) is 5.37. The SMILES string of the molecule is CCC1OCCC1CNCCOCCC(C)C. The summed E-state index contributed by atoms with van der Waals surface area (Å²) in [7, 11) is 0. The molecule has 2 atom stereocenters. The molecule has 0 aromatic carbocycles. The topological polar surface area (TPSA) is 30.5 Å².